The minimum atomic E-state index is -0.724. The van der Waals surface area contributed by atoms with E-state index in [1.165, 1.54) is 44.9 Å². The van der Waals surface area contributed by atoms with Crippen LogP contribution in [0.4, 0.5) is 4.79 Å². The molecule has 0 heterocycles. The van der Waals surface area contributed by atoms with E-state index in [0.29, 0.717) is 46.8 Å². The van der Waals surface area contributed by atoms with Gasteiger partial charge in [0.15, 0.2) is 0 Å². The van der Waals surface area contributed by atoms with Crippen molar-refractivity contribution < 1.29 is 38.1 Å². The van der Waals surface area contributed by atoms with Gasteiger partial charge in [-0.1, -0.05) is 66.0 Å². The summed E-state index contributed by atoms with van der Waals surface area (Å²) >= 11 is 0. The van der Waals surface area contributed by atoms with Gasteiger partial charge in [-0.05, 0) is 177 Å². The van der Waals surface area contributed by atoms with E-state index in [0.717, 1.165) is 42.9 Å². The molecule has 3 aromatic carbocycles. The number of allylic oxidation sites excluding steroid dienone is 2. The van der Waals surface area contributed by atoms with Crippen molar-refractivity contribution in [1.82, 2.24) is 0 Å². The molecule has 2 unspecified atom stereocenters. The van der Waals surface area contributed by atoms with E-state index >= 15 is 0 Å². The lowest BCUT2D eigenvalue weighted by Gasteiger charge is -2.59. The van der Waals surface area contributed by atoms with E-state index < -0.39 is 18.1 Å². The maximum atomic E-state index is 13.0. The van der Waals surface area contributed by atoms with Crippen LogP contribution in [0.3, 0.4) is 0 Å². The third kappa shape index (κ3) is 9.01. The summed E-state index contributed by atoms with van der Waals surface area (Å²) in [5.74, 6) is 5.40. The van der Waals surface area contributed by atoms with Gasteiger partial charge >= 0.3 is 18.1 Å². The number of hydrogen-bond acceptors (Lipinski definition) is 8. The number of hydrogen-bond donors (Lipinski definition) is 0. The van der Waals surface area contributed by atoms with Crippen molar-refractivity contribution in [2.24, 2.45) is 52.3 Å². The number of carbonyl (C=O) groups excluding carboxylic acids is 3. The summed E-state index contributed by atoms with van der Waals surface area (Å²) in [4.78, 5) is 38.4. The molecule has 0 amide bonds. The summed E-state index contributed by atoms with van der Waals surface area (Å²) in [7, 11) is 0. The minimum absolute atomic E-state index is 0.195. The van der Waals surface area contributed by atoms with Crippen LogP contribution >= 0.6 is 0 Å². The standard InChI is InChI=1S/C50H62O8/c1-7-54-37-16-11-34(12-17-37)46(51)55-38-20-22-39(23-21-38)56-47(52)35-13-18-40(19-14-35)57-48(53)58-41-27-29-49(5)36(31-41)15-24-42-44-26-25-43(33(4)10-8-9-32(2)3)50(44,6)30-28-45(42)49/h11-24,32-33,36,41-45H,7-10,25-31H2,1-6H3/t33-,36?,41?,42-,43-,44+,45+,49+,50-/m0/s1. The summed E-state index contributed by atoms with van der Waals surface area (Å²) in [6.45, 7) is 14.8. The molecule has 3 fully saturated rings. The molecule has 4 aliphatic carbocycles. The Morgan fingerprint density at radius 3 is 1.81 bits per heavy atom. The molecule has 58 heavy (non-hydrogen) atoms. The number of benzene rings is 3. The number of fused-ring (bicyclic) bond motifs is 5. The Morgan fingerprint density at radius 1 is 0.655 bits per heavy atom. The summed E-state index contributed by atoms with van der Waals surface area (Å²) in [5.41, 5.74) is 1.34. The molecule has 0 saturated heterocycles. The van der Waals surface area contributed by atoms with E-state index in [9.17, 15) is 14.4 Å². The molecular weight excluding hydrogens is 729 g/mol. The lowest BCUT2D eigenvalue weighted by Crippen LogP contribution is -2.52. The summed E-state index contributed by atoms with van der Waals surface area (Å²) in [6, 6.07) is 19.1. The molecule has 9 atom stereocenters. The van der Waals surface area contributed by atoms with Gasteiger partial charge in [-0.3, -0.25) is 0 Å². The molecule has 4 aliphatic rings. The van der Waals surface area contributed by atoms with Crippen LogP contribution in [0.15, 0.2) is 84.9 Å². The van der Waals surface area contributed by atoms with Crippen LogP contribution in [-0.4, -0.2) is 30.8 Å². The molecule has 3 aromatic rings. The highest BCUT2D eigenvalue weighted by Crippen LogP contribution is 2.67. The topological polar surface area (TPSA) is 97.4 Å². The van der Waals surface area contributed by atoms with Crippen LogP contribution in [0.5, 0.6) is 23.0 Å². The normalized spacial score (nSPS) is 29.0. The Hall–Kier alpha value is -4.59. The van der Waals surface area contributed by atoms with Gasteiger partial charge in [0.25, 0.3) is 0 Å². The molecule has 0 aliphatic heterocycles. The first-order valence-electron chi connectivity index (χ1n) is 21.8. The Labute approximate surface area is 345 Å². The zero-order valence-electron chi connectivity index (χ0n) is 35.2. The molecule has 0 bridgehead atoms. The number of rotatable bonds is 13. The monoisotopic (exact) mass is 790 g/mol. The van der Waals surface area contributed by atoms with E-state index in [4.69, 9.17) is 23.7 Å². The molecule has 310 valence electrons. The fourth-order valence-electron chi connectivity index (χ4n) is 11.4. The van der Waals surface area contributed by atoms with Gasteiger partial charge in [-0.2, -0.15) is 0 Å². The Kier molecular flexibility index (Phi) is 12.7. The fourth-order valence-corrected chi connectivity index (χ4v) is 11.4. The van der Waals surface area contributed by atoms with Gasteiger partial charge in [-0.25, -0.2) is 14.4 Å². The second-order valence-corrected chi connectivity index (χ2v) is 18.4. The molecule has 7 rings (SSSR count). The molecule has 0 radical (unpaired) electrons. The SMILES string of the molecule is CCOc1ccc(C(=O)Oc2ccc(OC(=O)c3ccc(OC(=O)OC4CC[C@]5(C)C(C=C[C@H]6[C@H]7CC[C@@H]([C@@H](C)CCCC(C)C)[C@]7(C)CC[C@H]65)C4)cc3)cc2)cc1. The van der Waals surface area contributed by atoms with Gasteiger partial charge in [0.05, 0.1) is 17.7 Å². The second kappa shape index (κ2) is 17.7. The molecule has 8 heteroatoms. The Bertz CT molecular complexity index is 1920. The Morgan fingerprint density at radius 2 is 1.21 bits per heavy atom. The largest absolute Gasteiger partial charge is 0.514 e. The molecular formula is C50H62O8. The molecule has 0 N–H and O–H groups in total. The first-order chi connectivity index (χ1) is 27.9. The summed E-state index contributed by atoms with van der Waals surface area (Å²) < 4.78 is 27.8. The van der Waals surface area contributed by atoms with E-state index in [-0.39, 0.29) is 28.6 Å². The van der Waals surface area contributed by atoms with E-state index in [2.05, 4.69) is 46.8 Å². The van der Waals surface area contributed by atoms with Crippen molar-refractivity contribution in [1.29, 1.82) is 0 Å². The third-order valence-corrected chi connectivity index (χ3v) is 14.5. The highest BCUT2D eigenvalue weighted by molar-refractivity contribution is 5.92. The van der Waals surface area contributed by atoms with Crippen LogP contribution in [0, 0.1) is 52.3 Å². The lowest BCUT2D eigenvalue weighted by atomic mass is 9.46. The van der Waals surface area contributed by atoms with Crippen molar-refractivity contribution in [3.8, 4) is 23.0 Å². The van der Waals surface area contributed by atoms with Gasteiger partial charge in [0.2, 0.25) is 0 Å². The highest BCUT2D eigenvalue weighted by atomic mass is 16.7. The predicted octanol–water partition coefficient (Wildman–Crippen LogP) is 12.3. The van der Waals surface area contributed by atoms with Crippen LogP contribution in [0.2, 0.25) is 0 Å². The molecule has 3 saturated carbocycles. The second-order valence-electron chi connectivity index (χ2n) is 18.4. The average Bonchev–Trinajstić information content (AvgIpc) is 3.56. The predicted molar refractivity (Wildman–Crippen MR) is 224 cm³/mol. The maximum absolute atomic E-state index is 13.0. The molecule has 0 spiro atoms. The van der Waals surface area contributed by atoms with Gasteiger partial charge < -0.3 is 23.7 Å². The van der Waals surface area contributed by atoms with Crippen molar-refractivity contribution in [2.75, 3.05) is 6.61 Å². The Balaban J connectivity index is 0.873. The van der Waals surface area contributed by atoms with Crippen LogP contribution in [-0.2, 0) is 4.74 Å². The average molecular weight is 791 g/mol. The van der Waals surface area contributed by atoms with Crippen molar-refractivity contribution in [2.45, 2.75) is 112 Å². The zero-order valence-corrected chi connectivity index (χ0v) is 35.2. The van der Waals surface area contributed by atoms with Gasteiger partial charge in [-0.15, -0.1) is 0 Å². The van der Waals surface area contributed by atoms with Crippen LogP contribution in [0.1, 0.15) is 126 Å². The third-order valence-electron chi connectivity index (χ3n) is 14.5. The first-order valence-corrected chi connectivity index (χ1v) is 21.8. The van der Waals surface area contributed by atoms with Crippen LogP contribution in [0.25, 0.3) is 0 Å². The first kappa shape index (κ1) is 41.6. The summed E-state index contributed by atoms with van der Waals surface area (Å²) in [5, 5.41) is 0. The lowest BCUT2D eigenvalue weighted by molar-refractivity contribution is -0.0852. The molecule has 0 aromatic heterocycles. The van der Waals surface area contributed by atoms with E-state index in [1.807, 2.05) is 6.92 Å². The minimum Gasteiger partial charge on any atom is -0.494 e. The van der Waals surface area contributed by atoms with Crippen molar-refractivity contribution in [3.05, 3.63) is 96.1 Å². The number of esters is 2. The number of carbonyl (C=O) groups is 3. The molecule has 8 nitrogen and oxygen atoms in total. The van der Waals surface area contributed by atoms with Crippen molar-refractivity contribution in [3.63, 3.8) is 0 Å². The van der Waals surface area contributed by atoms with Gasteiger partial charge in [0, 0.05) is 0 Å². The smallest absolute Gasteiger partial charge is 0.494 e. The highest BCUT2D eigenvalue weighted by Gasteiger charge is 2.59. The quantitative estimate of drug-likeness (QED) is 0.0731. The fraction of sp³-hybridized carbons (Fsp3) is 0.540. The zero-order chi connectivity index (χ0) is 41.0. The van der Waals surface area contributed by atoms with E-state index in [1.54, 1.807) is 72.8 Å². The summed E-state index contributed by atoms with van der Waals surface area (Å²) in [6.07, 6.45) is 16.3. The van der Waals surface area contributed by atoms with Crippen LogP contribution < -0.4 is 18.9 Å². The van der Waals surface area contributed by atoms with Gasteiger partial charge in [0.1, 0.15) is 29.1 Å². The maximum Gasteiger partial charge on any atom is 0.514 e. The number of ether oxygens (including phenoxy) is 5. The van der Waals surface area contributed by atoms with Crippen molar-refractivity contribution >= 4 is 18.1 Å².